The quantitative estimate of drug-likeness (QED) is 0.697. The second-order valence-corrected chi connectivity index (χ2v) is 8.79. The molecule has 0 radical (unpaired) electrons. The Labute approximate surface area is 174 Å². The maximum absolute atomic E-state index is 13.1. The number of ether oxygens (including phenoxy) is 2. The van der Waals surface area contributed by atoms with Crippen molar-refractivity contribution in [1.29, 1.82) is 0 Å². The summed E-state index contributed by atoms with van der Waals surface area (Å²) in [6.07, 6.45) is 4.84. The molecule has 2 unspecified atom stereocenters. The Bertz CT molecular complexity index is 778. The third-order valence-electron chi connectivity index (χ3n) is 5.48. The highest BCUT2D eigenvalue weighted by molar-refractivity contribution is 5.94. The van der Waals surface area contributed by atoms with E-state index in [0.29, 0.717) is 12.2 Å². The molecule has 5 heteroatoms. The summed E-state index contributed by atoms with van der Waals surface area (Å²) >= 11 is 0. The van der Waals surface area contributed by atoms with Gasteiger partial charge in [-0.25, -0.2) is 0 Å². The Balaban J connectivity index is 1.66. The van der Waals surface area contributed by atoms with Crippen molar-refractivity contribution in [2.24, 2.45) is 5.41 Å². The van der Waals surface area contributed by atoms with Gasteiger partial charge in [-0.05, 0) is 54.7 Å². The molecule has 0 N–H and O–H groups in total. The van der Waals surface area contributed by atoms with Crippen molar-refractivity contribution in [2.75, 3.05) is 20.3 Å². The lowest BCUT2D eigenvalue weighted by atomic mass is 9.82. The van der Waals surface area contributed by atoms with Crippen LogP contribution >= 0.6 is 0 Å². The van der Waals surface area contributed by atoms with Crippen LogP contribution in [0.15, 0.2) is 48.7 Å². The molecule has 2 atom stereocenters. The van der Waals surface area contributed by atoms with Gasteiger partial charge < -0.3 is 14.4 Å². The lowest BCUT2D eigenvalue weighted by Crippen LogP contribution is -2.46. The van der Waals surface area contributed by atoms with Crippen molar-refractivity contribution in [3.63, 3.8) is 0 Å². The van der Waals surface area contributed by atoms with Gasteiger partial charge in [0, 0.05) is 43.6 Å². The highest BCUT2D eigenvalue weighted by atomic mass is 16.5. The van der Waals surface area contributed by atoms with E-state index in [-0.39, 0.29) is 23.5 Å². The fourth-order valence-corrected chi connectivity index (χ4v) is 3.74. The molecule has 1 amide bonds. The summed E-state index contributed by atoms with van der Waals surface area (Å²) < 4.78 is 11.4. The highest BCUT2D eigenvalue weighted by Gasteiger charge is 2.32. The standard InChI is InChI=1S/C24H32N2O3/c1-24(2,3)22(16-19-8-5-6-14-25-19)26(4)23(27)18-10-12-20(13-11-18)29-17-21-9-7-15-28-21/h5-6,8,10-14,21-22H,7,9,15-17H2,1-4H3. The molecule has 0 aliphatic carbocycles. The molecular weight excluding hydrogens is 364 g/mol. The van der Waals surface area contributed by atoms with E-state index in [1.807, 2.05) is 54.4 Å². The van der Waals surface area contributed by atoms with Crippen molar-refractivity contribution in [2.45, 2.75) is 52.2 Å². The first-order valence-electron chi connectivity index (χ1n) is 10.4. The molecule has 2 aromatic rings. The minimum absolute atomic E-state index is 0.00605. The predicted octanol–water partition coefficient (Wildman–Crippen LogP) is 4.37. The van der Waals surface area contributed by atoms with Crippen LogP contribution in [0.25, 0.3) is 0 Å². The van der Waals surface area contributed by atoms with Gasteiger partial charge in [0.2, 0.25) is 0 Å². The van der Waals surface area contributed by atoms with Crippen LogP contribution in [-0.4, -0.2) is 48.2 Å². The van der Waals surface area contributed by atoms with Crippen molar-refractivity contribution in [3.8, 4) is 5.75 Å². The van der Waals surface area contributed by atoms with Crippen LogP contribution in [0.2, 0.25) is 0 Å². The maximum Gasteiger partial charge on any atom is 0.253 e. The van der Waals surface area contributed by atoms with E-state index in [1.54, 1.807) is 6.20 Å². The number of rotatable bonds is 7. The highest BCUT2D eigenvalue weighted by Crippen LogP contribution is 2.28. The van der Waals surface area contributed by atoms with Crippen LogP contribution in [0.5, 0.6) is 5.75 Å². The van der Waals surface area contributed by atoms with Gasteiger partial charge >= 0.3 is 0 Å². The second-order valence-electron chi connectivity index (χ2n) is 8.79. The molecule has 1 saturated heterocycles. The molecule has 0 spiro atoms. The molecule has 0 bridgehead atoms. The summed E-state index contributed by atoms with van der Waals surface area (Å²) in [5, 5.41) is 0. The normalized spacial score (nSPS) is 17.7. The summed E-state index contributed by atoms with van der Waals surface area (Å²) in [6, 6.07) is 13.3. The monoisotopic (exact) mass is 396 g/mol. The van der Waals surface area contributed by atoms with Crippen molar-refractivity contribution >= 4 is 5.91 Å². The zero-order chi connectivity index (χ0) is 20.9. The first kappa shape index (κ1) is 21.3. The van der Waals surface area contributed by atoms with Crippen LogP contribution in [0, 0.1) is 5.41 Å². The van der Waals surface area contributed by atoms with Gasteiger partial charge in [-0.1, -0.05) is 26.8 Å². The van der Waals surface area contributed by atoms with Gasteiger partial charge in [-0.3, -0.25) is 9.78 Å². The van der Waals surface area contributed by atoms with Gasteiger partial charge in [0.15, 0.2) is 0 Å². The average Bonchev–Trinajstić information content (AvgIpc) is 3.23. The zero-order valence-electron chi connectivity index (χ0n) is 17.9. The van der Waals surface area contributed by atoms with E-state index in [2.05, 4.69) is 25.8 Å². The third kappa shape index (κ3) is 5.80. The minimum Gasteiger partial charge on any atom is -0.491 e. The van der Waals surface area contributed by atoms with Crippen molar-refractivity contribution in [3.05, 3.63) is 59.9 Å². The number of carbonyl (C=O) groups excluding carboxylic acids is 1. The van der Waals surface area contributed by atoms with Crippen LogP contribution in [0.1, 0.15) is 49.7 Å². The Morgan fingerprint density at radius 2 is 2.00 bits per heavy atom. The predicted molar refractivity (Wildman–Crippen MR) is 114 cm³/mol. The van der Waals surface area contributed by atoms with E-state index in [0.717, 1.165) is 37.3 Å². The van der Waals surface area contributed by atoms with Gasteiger partial charge in [0.1, 0.15) is 12.4 Å². The molecule has 5 nitrogen and oxygen atoms in total. The van der Waals surface area contributed by atoms with Gasteiger partial charge in [0.05, 0.1) is 6.10 Å². The molecule has 3 rings (SSSR count). The number of aromatic nitrogens is 1. The molecule has 1 aromatic heterocycles. The summed E-state index contributed by atoms with van der Waals surface area (Å²) in [6.45, 7) is 7.86. The Morgan fingerprint density at radius 1 is 1.24 bits per heavy atom. The zero-order valence-corrected chi connectivity index (χ0v) is 17.9. The van der Waals surface area contributed by atoms with E-state index < -0.39 is 0 Å². The van der Waals surface area contributed by atoms with Crippen LogP contribution < -0.4 is 4.74 Å². The number of nitrogens with zero attached hydrogens (tertiary/aromatic N) is 2. The van der Waals surface area contributed by atoms with E-state index in [9.17, 15) is 4.79 Å². The molecule has 1 aromatic carbocycles. The summed E-state index contributed by atoms with van der Waals surface area (Å²) in [4.78, 5) is 19.4. The molecule has 1 aliphatic rings. The number of hydrogen-bond donors (Lipinski definition) is 0. The molecule has 2 heterocycles. The first-order valence-corrected chi connectivity index (χ1v) is 10.4. The number of carbonyl (C=O) groups is 1. The van der Waals surface area contributed by atoms with Crippen LogP contribution in [0.4, 0.5) is 0 Å². The lowest BCUT2D eigenvalue weighted by molar-refractivity contribution is 0.0595. The SMILES string of the molecule is CN(C(=O)c1ccc(OCC2CCCO2)cc1)C(Cc1ccccn1)C(C)(C)C. The Morgan fingerprint density at radius 3 is 2.59 bits per heavy atom. The van der Waals surface area contributed by atoms with Gasteiger partial charge in [0.25, 0.3) is 5.91 Å². The molecular formula is C24H32N2O3. The topological polar surface area (TPSA) is 51.7 Å². The number of pyridine rings is 1. The third-order valence-corrected chi connectivity index (χ3v) is 5.48. The number of benzene rings is 1. The fraction of sp³-hybridized carbons (Fsp3) is 0.500. The van der Waals surface area contributed by atoms with Gasteiger partial charge in [-0.2, -0.15) is 0 Å². The van der Waals surface area contributed by atoms with Crippen LogP contribution in [-0.2, 0) is 11.2 Å². The largest absolute Gasteiger partial charge is 0.491 e. The lowest BCUT2D eigenvalue weighted by Gasteiger charge is -2.38. The second kappa shape index (κ2) is 9.40. The number of likely N-dealkylation sites (N-methyl/N-ethyl adjacent to an activating group) is 1. The van der Waals surface area contributed by atoms with E-state index in [1.165, 1.54) is 0 Å². The maximum atomic E-state index is 13.1. The fourth-order valence-electron chi connectivity index (χ4n) is 3.74. The van der Waals surface area contributed by atoms with E-state index >= 15 is 0 Å². The summed E-state index contributed by atoms with van der Waals surface area (Å²) in [5.41, 5.74) is 1.57. The molecule has 29 heavy (non-hydrogen) atoms. The Hall–Kier alpha value is -2.40. The first-order chi connectivity index (χ1) is 13.8. The number of amides is 1. The molecule has 0 saturated carbocycles. The van der Waals surface area contributed by atoms with Gasteiger partial charge in [-0.15, -0.1) is 0 Å². The van der Waals surface area contributed by atoms with Crippen molar-refractivity contribution in [1.82, 2.24) is 9.88 Å². The molecule has 1 fully saturated rings. The average molecular weight is 397 g/mol. The summed E-state index contributed by atoms with van der Waals surface area (Å²) in [5.74, 6) is 0.770. The minimum atomic E-state index is -0.0771. The molecule has 1 aliphatic heterocycles. The van der Waals surface area contributed by atoms with Crippen molar-refractivity contribution < 1.29 is 14.3 Å². The van der Waals surface area contributed by atoms with Crippen LogP contribution in [0.3, 0.4) is 0 Å². The van der Waals surface area contributed by atoms with E-state index in [4.69, 9.17) is 9.47 Å². The smallest absolute Gasteiger partial charge is 0.253 e. The molecule has 156 valence electrons. The Kier molecular flexibility index (Phi) is 6.91. The number of hydrogen-bond acceptors (Lipinski definition) is 4. The summed E-state index contributed by atoms with van der Waals surface area (Å²) in [7, 11) is 1.88.